The fourth-order valence-electron chi connectivity index (χ4n) is 2.58. The Labute approximate surface area is 144 Å². The summed E-state index contributed by atoms with van der Waals surface area (Å²) in [6.07, 6.45) is 0.0348. The molecule has 1 aliphatic rings. The van der Waals surface area contributed by atoms with Crippen LogP contribution in [0.2, 0.25) is 5.28 Å². The van der Waals surface area contributed by atoms with Gasteiger partial charge in [-0.2, -0.15) is 9.97 Å². The lowest BCUT2D eigenvalue weighted by atomic mass is 10.4. The van der Waals surface area contributed by atoms with Crippen molar-refractivity contribution in [3.8, 4) is 0 Å². The molecule has 1 saturated heterocycles. The molecule has 132 valence electrons. The van der Waals surface area contributed by atoms with Crippen molar-refractivity contribution in [2.24, 2.45) is 7.05 Å². The monoisotopic (exact) mass is 375 g/mol. The van der Waals surface area contributed by atoms with Crippen molar-refractivity contribution in [2.45, 2.75) is 6.16 Å². The molecule has 0 radical (unpaired) electrons. The number of hydrogen-bond donors (Lipinski definition) is 0. The quantitative estimate of drug-likeness (QED) is 0.577. The van der Waals surface area contributed by atoms with Gasteiger partial charge in [-0.15, -0.1) is 0 Å². The number of hydrogen-bond acceptors (Lipinski definition) is 8. The maximum absolute atomic E-state index is 12.4. The van der Waals surface area contributed by atoms with E-state index in [0.29, 0.717) is 49.1 Å². The van der Waals surface area contributed by atoms with Gasteiger partial charge in [0.2, 0.25) is 5.28 Å². The van der Waals surface area contributed by atoms with Crippen LogP contribution in [0.15, 0.2) is 0 Å². The van der Waals surface area contributed by atoms with Crippen molar-refractivity contribution in [3.05, 3.63) is 11.1 Å². The van der Waals surface area contributed by atoms with Gasteiger partial charge in [0.05, 0.1) is 13.2 Å². The van der Waals surface area contributed by atoms with E-state index in [4.69, 9.17) is 25.4 Å². The summed E-state index contributed by atoms with van der Waals surface area (Å²) in [7, 11) is 1.24. The summed E-state index contributed by atoms with van der Waals surface area (Å²) >= 11 is 6.09. The van der Waals surface area contributed by atoms with Gasteiger partial charge < -0.3 is 23.3 Å². The maximum atomic E-state index is 12.4. The Balaban J connectivity index is 2.08. The van der Waals surface area contributed by atoms with Gasteiger partial charge in [-0.1, -0.05) is 0 Å². The van der Waals surface area contributed by atoms with Crippen LogP contribution in [-0.4, -0.2) is 60.0 Å². The Morgan fingerprint density at radius 2 is 1.88 bits per heavy atom. The normalized spacial score (nSPS) is 16.1. The van der Waals surface area contributed by atoms with Crippen molar-refractivity contribution >= 4 is 36.2 Å². The highest BCUT2D eigenvalue weighted by Crippen LogP contribution is 2.49. The number of halogens is 1. The van der Waals surface area contributed by atoms with Crippen molar-refractivity contribution in [1.82, 2.24) is 19.5 Å². The SMILES string of the molecule is COP(=O)(Cc1nc2c(N3CCOCC3)nc(Cl)nc2n1C)OC. The number of aromatic nitrogens is 4. The van der Waals surface area contributed by atoms with E-state index in [2.05, 4.69) is 19.9 Å². The molecule has 24 heavy (non-hydrogen) atoms. The number of aryl methyl sites for hydroxylation is 1. The molecule has 2 aromatic rings. The van der Waals surface area contributed by atoms with Crippen LogP contribution in [0.5, 0.6) is 0 Å². The minimum absolute atomic E-state index is 0.0348. The summed E-state index contributed by atoms with van der Waals surface area (Å²) in [5, 5.41) is 0.139. The molecule has 0 saturated carbocycles. The lowest BCUT2D eigenvalue weighted by Gasteiger charge is -2.27. The van der Waals surface area contributed by atoms with E-state index in [1.807, 2.05) is 0 Å². The van der Waals surface area contributed by atoms with Gasteiger partial charge in [0.25, 0.3) is 0 Å². The molecule has 1 aliphatic heterocycles. The van der Waals surface area contributed by atoms with E-state index in [1.54, 1.807) is 11.6 Å². The molecule has 0 N–H and O–H groups in total. The second-order valence-electron chi connectivity index (χ2n) is 5.31. The zero-order chi connectivity index (χ0) is 17.3. The summed E-state index contributed by atoms with van der Waals surface area (Å²) in [4.78, 5) is 15.2. The molecule has 0 bridgehead atoms. The number of morpholine rings is 1. The zero-order valence-electron chi connectivity index (χ0n) is 13.7. The summed E-state index contributed by atoms with van der Waals surface area (Å²) in [6, 6.07) is 0. The second-order valence-corrected chi connectivity index (χ2v) is 7.92. The van der Waals surface area contributed by atoms with Gasteiger partial charge in [-0.25, -0.2) is 4.98 Å². The summed E-state index contributed by atoms with van der Waals surface area (Å²) < 4.78 is 29.5. The highest BCUT2D eigenvalue weighted by Gasteiger charge is 2.27. The molecule has 0 spiro atoms. The minimum atomic E-state index is -3.24. The third-order valence-corrected chi connectivity index (χ3v) is 5.92. The average molecular weight is 376 g/mol. The second kappa shape index (κ2) is 6.93. The lowest BCUT2D eigenvalue weighted by molar-refractivity contribution is 0.122. The molecule has 0 aromatic carbocycles. The first-order chi connectivity index (χ1) is 11.5. The predicted molar refractivity (Wildman–Crippen MR) is 89.7 cm³/mol. The molecular weight excluding hydrogens is 357 g/mol. The largest absolute Gasteiger partial charge is 0.378 e. The van der Waals surface area contributed by atoms with Gasteiger partial charge >= 0.3 is 7.60 Å². The Kier molecular flexibility index (Phi) is 5.08. The van der Waals surface area contributed by atoms with Crippen LogP contribution in [0.3, 0.4) is 0 Å². The third-order valence-electron chi connectivity index (χ3n) is 3.97. The Morgan fingerprint density at radius 3 is 2.50 bits per heavy atom. The first-order valence-corrected chi connectivity index (χ1v) is 9.50. The van der Waals surface area contributed by atoms with Crippen LogP contribution in [0, 0.1) is 0 Å². The highest BCUT2D eigenvalue weighted by atomic mass is 35.5. The van der Waals surface area contributed by atoms with Crippen molar-refractivity contribution in [1.29, 1.82) is 0 Å². The minimum Gasteiger partial charge on any atom is -0.378 e. The molecular formula is C13H19ClN5O4P. The maximum Gasteiger partial charge on any atom is 0.337 e. The molecule has 0 aliphatic carbocycles. The molecule has 1 fully saturated rings. The Morgan fingerprint density at radius 1 is 1.21 bits per heavy atom. The van der Waals surface area contributed by atoms with Gasteiger partial charge in [-0.05, 0) is 11.6 Å². The van der Waals surface area contributed by atoms with E-state index in [-0.39, 0.29) is 11.4 Å². The molecule has 3 rings (SSSR count). The number of nitrogens with zero attached hydrogens (tertiary/aromatic N) is 5. The molecule has 3 heterocycles. The van der Waals surface area contributed by atoms with Gasteiger partial charge in [0, 0.05) is 34.4 Å². The number of imidazole rings is 1. The van der Waals surface area contributed by atoms with E-state index in [1.165, 1.54) is 14.2 Å². The standard InChI is InChI=1S/C13H19ClN5O4P/c1-18-9(8-24(20,21-2)22-3)15-10-11(18)16-13(14)17-12(10)19-4-6-23-7-5-19/h4-8H2,1-3H3. The lowest BCUT2D eigenvalue weighted by Crippen LogP contribution is -2.37. The van der Waals surface area contributed by atoms with Gasteiger partial charge in [0.1, 0.15) is 12.0 Å². The molecule has 2 aromatic heterocycles. The molecule has 0 atom stereocenters. The van der Waals surface area contributed by atoms with Crippen molar-refractivity contribution in [2.75, 3.05) is 45.4 Å². The van der Waals surface area contributed by atoms with Gasteiger partial charge in [0.15, 0.2) is 17.0 Å². The van der Waals surface area contributed by atoms with Crippen LogP contribution in [0.4, 0.5) is 5.82 Å². The summed E-state index contributed by atoms with van der Waals surface area (Å²) in [5.74, 6) is 1.18. The van der Waals surface area contributed by atoms with Crippen LogP contribution in [0.1, 0.15) is 5.82 Å². The van der Waals surface area contributed by atoms with Crippen LogP contribution >= 0.6 is 19.2 Å². The third kappa shape index (κ3) is 3.27. The fraction of sp³-hybridized carbons (Fsp3) is 0.615. The molecule has 11 heteroatoms. The van der Waals surface area contributed by atoms with Crippen molar-refractivity contribution < 1.29 is 18.3 Å². The first kappa shape index (κ1) is 17.6. The molecule has 0 unspecified atom stereocenters. The number of anilines is 1. The molecule has 0 amide bonds. The summed E-state index contributed by atoms with van der Waals surface area (Å²) in [6.45, 7) is 2.63. The molecule has 9 nitrogen and oxygen atoms in total. The topological polar surface area (TPSA) is 91.6 Å². The number of fused-ring (bicyclic) bond motifs is 1. The van der Waals surface area contributed by atoms with Crippen LogP contribution in [0.25, 0.3) is 11.2 Å². The van der Waals surface area contributed by atoms with E-state index >= 15 is 0 Å². The van der Waals surface area contributed by atoms with E-state index in [9.17, 15) is 4.57 Å². The Hall–Kier alpha value is -1.25. The average Bonchev–Trinajstić information content (AvgIpc) is 2.91. The first-order valence-electron chi connectivity index (χ1n) is 7.39. The highest BCUT2D eigenvalue weighted by molar-refractivity contribution is 7.52. The smallest absolute Gasteiger partial charge is 0.337 e. The van der Waals surface area contributed by atoms with E-state index < -0.39 is 7.60 Å². The fourth-order valence-corrected chi connectivity index (χ4v) is 3.78. The van der Waals surface area contributed by atoms with E-state index in [0.717, 1.165) is 0 Å². The van der Waals surface area contributed by atoms with Crippen LogP contribution in [-0.2, 0) is 31.6 Å². The van der Waals surface area contributed by atoms with Crippen molar-refractivity contribution in [3.63, 3.8) is 0 Å². The number of rotatable bonds is 5. The number of ether oxygens (including phenoxy) is 1. The predicted octanol–water partition coefficient (Wildman–Crippen LogP) is 1.84. The Bertz CT molecular complexity index is 784. The van der Waals surface area contributed by atoms with Gasteiger partial charge in [-0.3, -0.25) is 4.57 Å². The zero-order valence-corrected chi connectivity index (χ0v) is 15.4. The summed E-state index contributed by atoms with van der Waals surface area (Å²) in [5.41, 5.74) is 1.18. The van der Waals surface area contributed by atoms with Crippen LogP contribution < -0.4 is 4.90 Å².